The largest absolute Gasteiger partial charge is 0.478 e. The van der Waals surface area contributed by atoms with Gasteiger partial charge < -0.3 is 9.94 Å². The maximum atomic E-state index is 11.9. The fraction of sp³-hybridized carbons (Fsp3) is 0.467. The van der Waals surface area contributed by atoms with E-state index in [9.17, 15) is 9.59 Å². The van der Waals surface area contributed by atoms with Crippen LogP contribution in [0.5, 0.6) is 0 Å². The lowest BCUT2D eigenvalue weighted by Gasteiger charge is -2.19. The highest BCUT2D eigenvalue weighted by atomic mass is 127. The summed E-state index contributed by atoms with van der Waals surface area (Å²) in [5.41, 5.74) is 2.66. The van der Waals surface area contributed by atoms with Crippen molar-refractivity contribution >= 4 is 34.5 Å². The molecule has 0 aliphatic heterocycles. The number of hydrogen-bond donors (Lipinski definition) is 2. The molecule has 0 aliphatic rings. The molecule has 0 aromatic heterocycles. The number of carbonyl (C=O) groups is 2. The van der Waals surface area contributed by atoms with Crippen LogP contribution in [-0.4, -0.2) is 27.5 Å². The van der Waals surface area contributed by atoms with Gasteiger partial charge in [-0.25, -0.2) is 9.59 Å². The van der Waals surface area contributed by atoms with Crippen molar-refractivity contribution in [2.45, 2.75) is 30.6 Å². The number of hydrogen-bond acceptors (Lipinski definition) is 4. The summed E-state index contributed by atoms with van der Waals surface area (Å²) in [5.74, 6) is -1.42. The predicted molar refractivity (Wildman–Crippen MR) is 88.7 cm³/mol. The van der Waals surface area contributed by atoms with E-state index in [1.807, 2.05) is 0 Å². The average molecular weight is 405 g/mol. The smallest absolute Gasteiger partial charge is 0.357 e. The predicted octanol–water partition coefficient (Wildman–Crippen LogP) is 3.29. The molecule has 5 nitrogen and oxygen atoms in total. The number of nitrogens with one attached hydrogen (secondary N) is 1. The van der Waals surface area contributed by atoms with Crippen molar-refractivity contribution in [1.82, 2.24) is 5.48 Å². The lowest BCUT2D eigenvalue weighted by atomic mass is 10.0. The van der Waals surface area contributed by atoms with Crippen LogP contribution in [0.4, 0.5) is 0 Å². The summed E-state index contributed by atoms with van der Waals surface area (Å²) in [7, 11) is 0. The maximum Gasteiger partial charge on any atom is 0.357 e. The van der Waals surface area contributed by atoms with E-state index < -0.39 is 11.9 Å². The highest BCUT2D eigenvalue weighted by molar-refractivity contribution is 14.1. The Balaban J connectivity index is 2.60. The number of aromatic carboxylic acids is 1. The number of carbonyl (C=O) groups excluding carboxylic acids is 1. The maximum absolute atomic E-state index is 11.9. The number of halogens is 1. The van der Waals surface area contributed by atoms with E-state index in [0.717, 1.165) is 12.8 Å². The summed E-state index contributed by atoms with van der Waals surface area (Å²) in [5, 5.41) is 9.04. The van der Waals surface area contributed by atoms with Crippen molar-refractivity contribution in [3.63, 3.8) is 0 Å². The zero-order chi connectivity index (χ0) is 15.8. The molecule has 21 heavy (non-hydrogen) atoms. The Bertz CT molecular complexity index is 490. The highest BCUT2D eigenvalue weighted by Crippen LogP contribution is 2.18. The number of carboxylic acid groups (broad SMARTS) is 1. The van der Waals surface area contributed by atoms with Crippen LogP contribution in [0.3, 0.4) is 0 Å². The minimum atomic E-state index is -1.15. The van der Waals surface area contributed by atoms with Gasteiger partial charge in [-0.15, -0.1) is 0 Å². The van der Waals surface area contributed by atoms with Crippen LogP contribution in [0.2, 0.25) is 0 Å². The highest BCUT2D eigenvalue weighted by Gasteiger charge is 2.18. The van der Waals surface area contributed by atoms with E-state index in [0.29, 0.717) is 16.4 Å². The molecule has 116 valence electrons. The van der Waals surface area contributed by atoms with E-state index >= 15 is 0 Å². The summed E-state index contributed by atoms with van der Waals surface area (Å²) in [6, 6.07) is 6.00. The van der Waals surface area contributed by atoms with E-state index in [2.05, 4.69) is 41.9 Å². The van der Waals surface area contributed by atoms with Gasteiger partial charge in [0, 0.05) is 10.5 Å². The molecule has 2 atom stereocenters. The normalized spacial score (nSPS) is 13.5. The van der Waals surface area contributed by atoms with Crippen molar-refractivity contribution in [2.24, 2.45) is 5.92 Å². The van der Waals surface area contributed by atoms with Gasteiger partial charge >= 0.3 is 11.9 Å². The van der Waals surface area contributed by atoms with Crippen LogP contribution in [0.1, 0.15) is 47.4 Å². The Morgan fingerprint density at radius 1 is 1.33 bits per heavy atom. The summed E-state index contributed by atoms with van der Waals surface area (Å²) < 4.78 is 0.458. The molecule has 0 amide bonds. The first-order valence-corrected chi connectivity index (χ1v) is 8.12. The second-order valence-electron chi connectivity index (χ2n) is 4.82. The first-order chi connectivity index (χ1) is 9.97. The van der Waals surface area contributed by atoms with E-state index in [4.69, 9.17) is 9.94 Å². The van der Waals surface area contributed by atoms with Gasteiger partial charge in [-0.05, 0) is 24.5 Å². The third-order valence-electron chi connectivity index (χ3n) is 3.20. The molecule has 0 saturated carbocycles. The van der Waals surface area contributed by atoms with Gasteiger partial charge in [-0.3, -0.25) is 0 Å². The molecule has 0 spiro atoms. The van der Waals surface area contributed by atoms with Crippen LogP contribution in [-0.2, 0) is 4.84 Å². The Hall–Kier alpha value is -1.15. The Kier molecular flexibility index (Phi) is 7.66. The molecule has 0 bridgehead atoms. The lowest BCUT2D eigenvalue weighted by Crippen LogP contribution is -2.30. The first-order valence-electron chi connectivity index (χ1n) is 6.87. The zero-order valence-corrected chi connectivity index (χ0v) is 14.3. The quantitative estimate of drug-likeness (QED) is 0.395. The van der Waals surface area contributed by atoms with Gasteiger partial charge in [0.2, 0.25) is 0 Å². The van der Waals surface area contributed by atoms with Crippen LogP contribution in [0, 0.1) is 5.92 Å². The third-order valence-corrected chi connectivity index (χ3v) is 4.21. The van der Waals surface area contributed by atoms with Gasteiger partial charge in [0.1, 0.15) is 0 Å². The van der Waals surface area contributed by atoms with Crippen LogP contribution in [0.25, 0.3) is 0 Å². The van der Waals surface area contributed by atoms with Gasteiger partial charge in [0.25, 0.3) is 0 Å². The van der Waals surface area contributed by atoms with Crippen molar-refractivity contribution in [2.75, 3.05) is 6.54 Å². The SMILES string of the molecule is CCCC(CNOC(=O)c1ccccc1C(=O)O)C(C)I. The van der Waals surface area contributed by atoms with Crippen molar-refractivity contribution in [3.05, 3.63) is 35.4 Å². The molecule has 0 fully saturated rings. The second-order valence-corrected chi connectivity index (χ2v) is 6.78. The molecular weight excluding hydrogens is 385 g/mol. The summed E-state index contributed by atoms with van der Waals surface area (Å²) in [4.78, 5) is 28.0. The van der Waals surface area contributed by atoms with E-state index in [1.54, 1.807) is 12.1 Å². The standard InChI is InChI=1S/C15H20INO4/c1-3-6-11(10(2)16)9-17-21-15(20)13-8-5-4-7-12(13)14(18)19/h4-5,7-8,10-11,17H,3,6,9H2,1-2H3,(H,18,19). The van der Waals surface area contributed by atoms with Gasteiger partial charge in [0.15, 0.2) is 0 Å². The van der Waals surface area contributed by atoms with Gasteiger partial charge in [-0.1, -0.05) is 55.0 Å². The number of rotatable bonds is 8. The first kappa shape index (κ1) is 17.9. The van der Waals surface area contributed by atoms with Crippen LogP contribution in [0.15, 0.2) is 24.3 Å². The van der Waals surface area contributed by atoms with E-state index in [1.165, 1.54) is 12.1 Å². The Morgan fingerprint density at radius 2 is 1.95 bits per heavy atom. The number of hydroxylamine groups is 1. The van der Waals surface area contributed by atoms with E-state index in [-0.39, 0.29) is 11.1 Å². The third kappa shape index (κ3) is 5.62. The molecule has 1 aromatic carbocycles. The molecule has 2 N–H and O–H groups in total. The minimum absolute atomic E-state index is 0.0482. The lowest BCUT2D eigenvalue weighted by molar-refractivity contribution is 0.0216. The van der Waals surface area contributed by atoms with Crippen molar-refractivity contribution < 1.29 is 19.5 Å². The monoisotopic (exact) mass is 405 g/mol. The average Bonchev–Trinajstić information content (AvgIpc) is 2.45. The molecule has 0 aliphatic carbocycles. The Morgan fingerprint density at radius 3 is 2.48 bits per heavy atom. The fourth-order valence-corrected chi connectivity index (χ4v) is 2.60. The number of carboxylic acids is 1. The molecule has 2 unspecified atom stereocenters. The second kappa shape index (κ2) is 8.99. The molecule has 0 heterocycles. The van der Waals surface area contributed by atoms with Crippen molar-refractivity contribution in [3.8, 4) is 0 Å². The molecule has 6 heteroatoms. The molecular formula is C15H20INO4. The minimum Gasteiger partial charge on any atom is -0.478 e. The summed E-state index contributed by atoms with van der Waals surface area (Å²) in [6.45, 7) is 4.78. The molecule has 0 saturated heterocycles. The number of alkyl halides is 1. The van der Waals surface area contributed by atoms with Crippen LogP contribution >= 0.6 is 22.6 Å². The molecule has 0 radical (unpaired) electrons. The summed E-state index contributed by atoms with van der Waals surface area (Å²) in [6.07, 6.45) is 2.11. The van der Waals surface area contributed by atoms with Crippen molar-refractivity contribution in [1.29, 1.82) is 0 Å². The van der Waals surface area contributed by atoms with Crippen LogP contribution < -0.4 is 5.48 Å². The topological polar surface area (TPSA) is 75.6 Å². The Labute approximate surface area is 138 Å². The van der Waals surface area contributed by atoms with Gasteiger partial charge in [-0.2, -0.15) is 5.48 Å². The number of benzene rings is 1. The zero-order valence-electron chi connectivity index (χ0n) is 12.1. The molecule has 1 aromatic rings. The summed E-state index contributed by atoms with van der Waals surface area (Å²) >= 11 is 2.35. The fourth-order valence-electron chi connectivity index (χ4n) is 1.98. The van der Waals surface area contributed by atoms with Gasteiger partial charge in [0.05, 0.1) is 11.1 Å². The molecule has 1 rings (SSSR count).